The summed E-state index contributed by atoms with van der Waals surface area (Å²) in [7, 11) is 0. The van der Waals surface area contributed by atoms with Crippen LogP contribution >= 0.6 is 22.6 Å². The molecule has 11 nitrogen and oxygen atoms in total. The van der Waals surface area contributed by atoms with Crippen LogP contribution in [0.25, 0.3) is 11.0 Å². The van der Waals surface area contributed by atoms with E-state index in [1.807, 2.05) is 79.8 Å². The molecule has 5 rings (SSSR count). The summed E-state index contributed by atoms with van der Waals surface area (Å²) in [6.07, 6.45) is 6.31. The molecular formula is C36H50IN5O6. The van der Waals surface area contributed by atoms with E-state index in [0.717, 1.165) is 26.6 Å². The molecule has 0 radical (unpaired) electrons. The van der Waals surface area contributed by atoms with Gasteiger partial charge in [-0.05, 0) is 103 Å². The van der Waals surface area contributed by atoms with Crippen LogP contribution in [0.15, 0.2) is 49.1 Å². The molecule has 2 fully saturated rings. The molecule has 1 aromatic carbocycles. The number of rotatable bonds is 10. The number of fused-ring (bicyclic) bond motifs is 2. The Balaban J connectivity index is 1.34. The molecule has 12 heteroatoms. The number of aromatic nitrogens is 3. The Labute approximate surface area is 297 Å². The SMILES string of the molecule is CC(C)(C)OC(=O)N(CCCN(C[C@H]1C[C@@H](n2cc(I)c3cncnc32)[C@@H]2OC(C)(C)O[C@H]12)C(=O)OC(C)(C)C)CCc1ccccc1. The monoisotopic (exact) mass is 775 g/mol. The van der Waals surface area contributed by atoms with Crippen LogP contribution in [0.5, 0.6) is 0 Å². The molecule has 48 heavy (non-hydrogen) atoms. The lowest BCUT2D eigenvalue weighted by Crippen LogP contribution is -2.44. The molecule has 2 aliphatic rings. The zero-order valence-corrected chi connectivity index (χ0v) is 31.6. The predicted octanol–water partition coefficient (Wildman–Crippen LogP) is 7.22. The first kappa shape index (κ1) is 36.3. The van der Waals surface area contributed by atoms with Crippen molar-refractivity contribution < 1.29 is 28.5 Å². The van der Waals surface area contributed by atoms with Crippen molar-refractivity contribution in [2.75, 3.05) is 26.2 Å². The summed E-state index contributed by atoms with van der Waals surface area (Å²) in [5.41, 5.74) is 0.717. The molecule has 2 amide bonds. The Kier molecular flexibility index (Phi) is 11.0. The maximum Gasteiger partial charge on any atom is 0.410 e. The fourth-order valence-corrected chi connectivity index (χ4v) is 7.24. The highest BCUT2D eigenvalue weighted by molar-refractivity contribution is 14.1. The van der Waals surface area contributed by atoms with E-state index in [1.54, 1.807) is 16.1 Å². The number of carbonyl (C=O) groups is 2. The van der Waals surface area contributed by atoms with E-state index in [-0.39, 0.29) is 36.4 Å². The Morgan fingerprint density at radius 3 is 2.25 bits per heavy atom. The molecule has 1 aliphatic heterocycles. The van der Waals surface area contributed by atoms with Crippen LogP contribution in [0.2, 0.25) is 0 Å². The van der Waals surface area contributed by atoms with Crippen molar-refractivity contribution in [1.29, 1.82) is 0 Å². The molecule has 262 valence electrons. The maximum absolute atomic E-state index is 13.7. The third-order valence-electron chi connectivity index (χ3n) is 8.48. The number of hydrogen-bond acceptors (Lipinski definition) is 8. The molecule has 0 bridgehead atoms. The number of benzene rings is 1. The highest BCUT2D eigenvalue weighted by atomic mass is 127. The molecule has 1 aliphatic carbocycles. The number of nitrogens with zero attached hydrogens (tertiary/aromatic N) is 5. The summed E-state index contributed by atoms with van der Waals surface area (Å²) < 4.78 is 27.9. The van der Waals surface area contributed by atoms with Gasteiger partial charge in [0.15, 0.2) is 5.79 Å². The van der Waals surface area contributed by atoms with E-state index < -0.39 is 17.0 Å². The van der Waals surface area contributed by atoms with Crippen molar-refractivity contribution in [3.8, 4) is 0 Å². The van der Waals surface area contributed by atoms with Gasteiger partial charge < -0.3 is 33.3 Å². The fourth-order valence-electron chi connectivity index (χ4n) is 6.56. The van der Waals surface area contributed by atoms with Gasteiger partial charge in [0.2, 0.25) is 0 Å². The lowest BCUT2D eigenvalue weighted by molar-refractivity contribution is -0.160. The van der Waals surface area contributed by atoms with E-state index in [0.29, 0.717) is 39.0 Å². The summed E-state index contributed by atoms with van der Waals surface area (Å²) in [4.78, 5) is 39.3. The summed E-state index contributed by atoms with van der Waals surface area (Å²) in [5, 5.41) is 0.994. The van der Waals surface area contributed by atoms with Crippen LogP contribution < -0.4 is 0 Å². The number of amides is 2. The van der Waals surface area contributed by atoms with Gasteiger partial charge >= 0.3 is 12.2 Å². The first-order chi connectivity index (χ1) is 22.5. The molecule has 1 saturated heterocycles. The lowest BCUT2D eigenvalue weighted by atomic mass is 10.0. The van der Waals surface area contributed by atoms with Crippen molar-refractivity contribution in [2.24, 2.45) is 5.92 Å². The van der Waals surface area contributed by atoms with Gasteiger partial charge in [0.25, 0.3) is 0 Å². The van der Waals surface area contributed by atoms with Gasteiger partial charge in [-0.15, -0.1) is 0 Å². The van der Waals surface area contributed by atoms with Crippen molar-refractivity contribution in [3.63, 3.8) is 0 Å². The number of carbonyl (C=O) groups excluding carboxylic acids is 2. The Morgan fingerprint density at radius 2 is 1.58 bits per heavy atom. The Morgan fingerprint density at radius 1 is 0.958 bits per heavy atom. The van der Waals surface area contributed by atoms with Crippen molar-refractivity contribution >= 4 is 45.8 Å². The van der Waals surface area contributed by atoms with Gasteiger partial charge in [-0.3, -0.25) is 0 Å². The quantitative estimate of drug-likeness (QED) is 0.199. The first-order valence-electron chi connectivity index (χ1n) is 16.8. The van der Waals surface area contributed by atoms with Gasteiger partial charge in [-0.2, -0.15) is 0 Å². The van der Waals surface area contributed by atoms with Crippen molar-refractivity contribution in [1.82, 2.24) is 24.3 Å². The molecule has 3 aromatic rings. The average molecular weight is 776 g/mol. The highest BCUT2D eigenvalue weighted by Crippen LogP contribution is 2.48. The smallest absolute Gasteiger partial charge is 0.410 e. The van der Waals surface area contributed by atoms with E-state index in [4.69, 9.17) is 18.9 Å². The maximum atomic E-state index is 13.7. The molecule has 2 aromatic heterocycles. The molecule has 0 spiro atoms. The first-order valence-corrected chi connectivity index (χ1v) is 17.9. The standard InChI is InChI=1S/C36H50IN5O6/c1-34(2,3)47-32(43)40(18-15-24-13-10-9-11-14-24)16-12-17-41(33(44)48-35(4,5)6)21-25-19-28(30-29(25)45-36(7,8)46-30)42-22-27(37)26-20-38-23-39-31(26)42/h9-11,13-14,20,22-23,25,28-30H,12,15-19,21H2,1-8H3/t25-,28-,29-,30+/m1/s1. The molecule has 3 heterocycles. The fraction of sp³-hybridized carbons (Fsp3) is 0.611. The van der Waals surface area contributed by atoms with E-state index >= 15 is 0 Å². The third kappa shape index (κ3) is 9.17. The van der Waals surface area contributed by atoms with Crippen LogP contribution in [-0.4, -0.2) is 91.9 Å². The van der Waals surface area contributed by atoms with Gasteiger partial charge in [-0.1, -0.05) is 30.3 Å². The molecule has 0 N–H and O–H groups in total. The molecule has 4 atom stereocenters. The second-order valence-electron chi connectivity index (χ2n) is 15.3. The minimum absolute atomic E-state index is 0.0220. The zero-order valence-electron chi connectivity index (χ0n) is 29.4. The lowest BCUT2D eigenvalue weighted by Gasteiger charge is -2.32. The summed E-state index contributed by atoms with van der Waals surface area (Å²) in [5.74, 6) is -0.785. The topological polar surface area (TPSA) is 108 Å². The van der Waals surface area contributed by atoms with Crippen LogP contribution in [0.1, 0.15) is 79.8 Å². The predicted molar refractivity (Wildman–Crippen MR) is 192 cm³/mol. The van der Waals surface area contributed by atoms with Crippen LogP contribution in [-0.2, 0) is 25.4 Å². The zero-order chi connectivity index (χ0) is 34.9. The molecular weight excluding hydrogens is 725 g/mol. The van der Waals surface area contributed by atoms with E-state index in [2.05, 4.69) is 55.5 Å². The number of ether oxygens (including phenoxy) is 4. The van der Waals surface area contributed by atoms with Gasteiger partial charge in [0.05, 0.1) is 17.5 Å². The van der Waals surface area contributed by atoms with Crippen LogP contribution in [0, 0.1) is 9.49 Å². The Hall–Kier alpha value is -2.97. The van der Waals surface area contributed by atoms with Gasteiger partial charge in [-0.25, -0.2) is 19.6 Å². The normalized spacial score (nSPS) is 22.0. The minimum atomic E-state index is -0.763. The third-order valence-corrected chi connectivity index (χ3v) is 9.34. The number of hydrogen-bond donors (Lipinski definition) is 0. The van der Waals surface area contributed by atoms with Crippen LogP contribution in [0.4, 0.5) is 9.59 Å². The number of halogens is 1. The van der Waals surface area contributed by atoms with Gasteiger partial charge in [0.1, 0.15) is 29.3 Å². The van der Waals surface area contributed by atoms with E-state index in [9.17, 15) is 9.59 Å². The van der Waals surface area contributed by atoms with Gasteiger partial charge in [0, 0.05) is 48.1 Å². The minimum Gasteiger partial charge on any atom is -0.444 e. The second-order valence-corrected chi connectivity index (χ2v) is 16.4. The second kappa shape index (κ2) is 14.5. The summed E-state index contributed by atoms with van der Waals surface area (Å²) in [6.45, 7) is 16.9. The van der Waals surface area contributed by atoms with Crippen molar-refractivity contribution in [2.45, 2.75) is 110 Å². The van der Waals surface area contributed by atoms with Crippen molar-refractivity contribution in [3.05, 3.63) is 58.2 Å². The van der Waals surface area contributed by atoms with E-state index in [1.165, 1.54) is 0 Å². The largest absolute Gasteiger partial charge is 0.444 e. The summed E-state index contributed by atoms with van der Waals surface area (Å²) >= 11 is 2.32. The molecule has 1 saturated carbocycles. The van der Waals surface area contributed by atoms with Crippen LogP contribution in [0.3, 0.4) is 0 Å². The molecule has 0 unspecified atom stereocenters. The Bertz CT molecular complexity index is 1570. The highest BCUT2D eigenvalue weighted by Gasteiger charge is 2.55. The average Bonchev–Trinajstić information content (AvgIpc) is 3.60. The summed E-state index contributed by atoms with van der Waals surface area (Å²) in [6, 6.07) is 10.0.